The Hall–Kier alpha value is -1.56. The van der Waals surface area contributed by atoms with Crippen LogP contribution in [0, 0.1) is 0 Å². The van der Waals surface area contributed by atoms with E-state index in [0.29, 0.717) is 5.69 Å². The second-order valence-corrected chi connectivity index (χ2v) is 6.73. The summed E-state index contributed by atoms with van der Waals surface area (Å²) in [6.45, 7) is 0. The largest absolute Gasteiger partial charge is 0.325 e. The fourth-order valence-electron chi connectivity index (χ4n) is 1.70. The highest BCUT2D eigenvalue weighted by Gasteiger charge is 2.20. The molecule has 0 aliphatic rings. The molecule has 2 aromatic carbocycles. The quantitative estimate of drug-likeness (QED) is 0.865. The van der Waals surface area contributed by atoms with E-state index in [1.54, 1.807) is 12.1 Å². The molecule has 0 aromatic heterocycles. The minimum absolute atomic E-state index is 0.0456. The molecule has 4 nitrogen and oxygen atoms in total. The topological polar surface area (TPSA) is 63.2 Å². The van der Waals surface area contributed by atoms with Crippen molar-refractivity contribution in [2.24, 2.45) is 0 Å². The van der Waals surface area contributed by atoms with Crippen LogP contribution in [0.3, 0.4) is 0 Å². The molecule has 0 aliphatic carbocycles. The van der Waals surface area contributed by atoms with E-state index in [1.807, 2.05) is 0 Å². The first-order valence-corrected chi connectivity index (χ1v) is 8.30. The predicted molar refractivity (Wildman–Crippen MR) is 82.7 cm³/mol. The second kappa shape index (κ2) is 6.47. The lowest BCUT2D eigenvalue weighted by atomic mass is 10.3. The highest BCUT2D eigenvalue weighted by atomic mass is 35.5. The summed E-state index contributed by atoms with van der Waals surface area (Å²) in [5.41, 5.74) is 0.471. The number of carbonyl (C=O) groups excluding carboxylic acids is 1. The molecule has 110 valence electrons. The third-order valence-corrected chi connectivity index (χ3v) is 5.21. The second-order valence-electron chi connectivity index (χ2n) is 4.14. The molecule has 1 N–H and O–H groups in total. The summed E-state index contributed by atoms with van der Waals surface area (Å²) in [7, 11) is -3.69. The summed E-state index contributed by atoms with van der Waals surface area (Å²) in [6, 6.07) is 12.0. The van der Waals surface area contributed by atoms with Crippen molar-refractivity contribution in [1.82, 2.24) is 0 Å². The number of anilines is 1. The Morgan fingerprint density at radius 1 is 1.05 bits per heavy atom. The maximum Gasteiger partial charge on any atom is 0.239 e. The van der Waals surface area contributed by atoms with Gasteiger partial charge in [-0.25, -0.2) is 8.42 Å². The monoisotopic (exact) mass is 343 g/mol. The molecular weight excluding hydrogens is 333 g/mol. The molecule has 0 fully saturated rings. The van der Waals surface area contributed by atoms with Crippen LogP contribution in [0.4, 0.5) is 5.69 Å². The molecule has 21 heavy (non-hydrogen) atoms. The smallest absolute Gasteiger partial charge is 0.239 e. The Morgan fingerprint density at radius 2 is 1.67 bits per heavy atom. The van der Waals surface area contributed by atoms with E-state index in [-0.39, 0.29) is 26.6 Å². The van der Waals surface area contributed by atoms with Crippen LogP contribution < -0.4 is 5.32 Å². The van der Waals surface area contributed by atoms with Crippen LogP contribution in [-0.2, 0) is 14.6 Å². The van der Waals surface area contributed by atoms with Gasteiger partial charge in [-0.05, 0) is 36.4 Å². The minimum Gasteiger partial charge on any atom is -0.325 e. The van der Waals surface area contributed by atoms with Crippen LogP contribution in [0.5, 0.6) is 0 Å². The average Bonchev–Trinajstić information content (AvgIpc) is 2.48. The van der Waals surface area contributed by atoms with Gasteiger partial charge in [-0.3, -0.25) is 4.79 Å². The van der Waals surface area contributed by atoms with Crippen LogP contribution >= 0.6 is 23.2 Å². The van der Waals surface area contributed by atoms with E-state index >= 15 is 0 Å². The van der Waals surface area contributed by atoms with Gasteiger partial charge in [0.05, 0.1) is 14.8 Å². The third kappa shape index (κ3) is 3.56. The summed E-state index contributed by atoms with van der Waals surface area (Å²) < 4.78 is 24.9. The number of nitrogens with one attached hydrogen (secondary N) is 1. The SMILES string of the molecule is O=C(CCl)Nc1ccc(S(=O)(=O)c2ccccc2Cl)cc1. The number of rotatable bonds is 4. The highest BCUT2D eigenvalue weighted by molar-refractivity contribution is 7.91. The molecular formula is C14H11Cl2NO3S. The highest BCUT2D eigenvalue weighted by Crippen LogP contribution is 2.27. The molecule has 7 heteroatoms. The van der Waals surface area contributed by atoms with Crippen molar-refractivity contribution in [3.63, 3.8) is 0 Å². The van der Waals surface area contributed by atoms with Crippen molar-refractivity contribution in [2.45, 2.75) is 9.79 Å². The molecule has 1 amide bonds. The minimum atomic E-state index is -3.69. The third-order valence-electron chi connectivity index (χ3n) is 2.70. The van der Waals surface area contributed by atoms with E-state index in [4.69, 9.17) is 23.2 Å². The molecule has 0 unspecified atom stereocenters. The van der Waals surface area contributed by atoms with Gasteiger partial charge in [0.2, 0.25) is 15.7 Å². The zero-order valence-corrected chi connectivity index (χ0v) is 13.0. The van der Waals surface area contributed by atoms with Crippen LogP contribution in [0.2, 0.25) is 5.02 Å². The zero-order chi connectivity index (χ0) is 15.5. The van der Waals surface area contributed by atoms with Gasteiger partial charge in [0.25, 0.3) is 0 Å². The molecule has 0 spiro atoms. The van der Waals surface area contributed by atoms with E-state index in [1.165, 1.54) is 36.4 Å². The van der Waals surface area contributed by atoms with E-state index < -0.39 is 9.84 Å². The van der Waals surface area contributed by atoms with Gasteiger partial charge in [0.15, 0.2) is 0 Å². The molecule has 0 saturated carbocycles. The van der Waals surface area contributed by atoms with Crippen LogP contribution in [0.15, 0.2) is 58.3 Å². The molecule has 0 heterocycles. The maximum atomic E-state index is 12.5. The molecule has 0 radical (unpaired) electrons. The first kappa shape index (κ1) is 15.8. The molecule has 0 saturated heterocycles. The number of hydrogen-bond donors (Lipinski definition) is 1. The van der Waals surface area contributed by atoms with Crippen molar-refractivity contribution in [1.29, 1.82) is 0 Å². The summed E-state index contributed by atoms with van der Waals surface area (Å²) in [5.74, 6) is -0.530. The molecule has 2 aromatic rings. The Bertz CT molecular complexity index is 758. The number of carbonyl (C=O) groups is 1. The van der Waals surface area contributed by atoms with Gasteiger partial charge < -0.3 is 5.32 Å². The zero-order valence-electron chi connectivity index (χ0n) is 10.7. The van der Waals surface area contributed by atoms with Crippen LogP contribution in [0.1, 0.15) is 0 Å². The van der Waals surface area contributed by atoms with E-state index in [0.717, 1.165) is 0 Å². The number of sulfone groups is 1. The van der Waals surface area contributed by atoms with Crippen molar-refractivity contribution in [3.8, 4) is 0 Å². The van der Waals surface area contributed by atoms with Crippen LogP contribution in [0.25, 0.3) is 0 Å². The van der Waals surface area contributed by atoms with Gasteiger partial charge in [-0.1, -0.05) is 23.7 Å². The van der Waals surface area contributed by atoms with E-state index in [2.05, 4.69) is 5.32 Å². The number of halogens is 2. The average molecular weight is 344 g/mol. The standard InChI is InChI=1S/C14H11Cl2NO3S/c15-9-14(18)17-10-5-7-11(8-6-10)21(19,20)13-4-2-1-3-12(13)16/h1-8H,9H2,(H,17,18). The lowest BCUT2D eigenvalue weighted by Gasteiger charge is -2.08. The molecule has 0 bridgehead atoms. The Kier molecular flexibility index (Phi) is 4.88. The van der Waals surface area contributed by atoms with Crippen molar-refractivity contribution >= 4 is 44.6 Å². The first-order chi connectivity index (χ1) is 9.95. The van der Waals surface area contributed by atoms with E-state index in [9.17, 15) is 13.2 Å². The Balaban J connectivity index is 2.34. The summed E-state index contributed by atoms with van der Waals surface area (Å²) >= 11 is 11.3. The lowest BCUT2D eigenvalue weighted by Crippen LogP contribution is -2.12. The lowest BCUT2D eigenvalue weighted by molar-refractivity contribution is -0.113. The van der Waals surface area contributed by atoms with Gasteiger partial charge >= 0.3 is 0 Å². The number of amides is 1. The number of hydrogen-bond acceptors (Lipinski definition) is 3. The van der Waals surface area contributed by atoms with Gasteiger partial charge in [0.1, 0.15) is 5.88 Å². The predicted octanol–water partition coefficient (Wildman–Crippen LogP) is 3.35. The fourth-order valence-corrected chi connectivity index (χ4v) is 3.54. The van der Waals surface area contributed by atoms with Gasteiger partial charge in [-0.15, -0.1) is 11.6 Å². The fraction of sp³-hybridized carbons (Fsp3) is 0.0714. The number of alkyl halides is 1. The summed E-state index contributed by atoms with van der Waals surface area (Å²) in [6.07, 6.45) is 0. The first-order valence-electron chi connectivity index (χ1n) is 5.90. The Labute approximate surface area is 132 Å². The molecule has 0 aliphatic heterocycles. The normalized spacial score (nSPS) is 11.1. The van der Waals surface area contributed by atoms with Crippen molar-refractivity contribution in [3.05, 3.63) is 53.6 Å². The van der Waals surface area contributed by atoms with Crippen molar-refractivity contribution < 1.29 is 13.2 Å². The Morgan fingerprint density at radius 3 is 2.24 bits per heavy atom. The summed E-state index contributed by atoms with van der Waals surface area (Å²) in [5, 5.41) is 2.69. The van der Waals surface area contributed by atoms with Crippen molar-refractivity contribution in [2.75, 3.05) is 11.2 Å². The molecule has 2 rings (SSSR count). The maximum absolute atomic E-state index is 12.5. The summed E-state index contributed by atoms with van der Waals surface area (Å²) in [4.78, 5) is 11.3. The van der Waals surface area contributed by atoms with Gasteiger partial charge in [0, 0.05) is 5.69 Å². The van der Waals surface area contributed by atoms with Gasteiger partial charge in [-0.2, -0.15) is 0 Å². The number of benzene rings is 2. The van der Waals surface area contributed by atoms with Crippen LogP contribution in [-0.4, -0.2) is 20.2 Å². The molecule has 0 atom stereocenters.